The zero-order chi connectivity index (χ0) is 23.8. The predicted molar refractivity (Wildman–Crippen MR) is 150 cm³/mol. The highest BCUT2D eigenvalue weighted by molar-refractivity contribution is 5.09. The van der Waals surface area contributed by atoms with Gasteiger partial charge in [-0.25, -0.2) is 0 Å². The van der Waals surface area contributed by atoms with Gasteiger partial charge in [0.1, 0.15) is 0 Å². The first-order valence-electron chi connectivity index (χ1n) is 15.3. The Bertz CT molecular complexity index is 393. The molecule has 32 heavy (non-hydrogen) atoms. The van der Waals surface area contributed by atoms with Gasteiger partial charge in [-0.3, -0.25) is 0 Å². The molecular weight excluding hydrogens is 384 g/mol. The Morgan fingerprint density at radius 2 is 0.750 bits per heavy atom. The molecule has 0 rings (SSSR count). The Morgan fingerprint density at radius 1 is 0.438 bits per heavy atom. The van der Waals surface area contributed by atoms with E-state index < -0.39 is 0 Å². The van der Waals surface area contributed by atoms with E-state index in [4.69, 9.17) is 0 Å². The van der Waals surface area contributed by atoms with Crippen molar-refractivity contribution in [1.82, 2.24) is 0 Å². The van der Waals surface area contributed by atoms with E-state index in [2.05, 4.69) is 40.7 Å². The highest BCUT2D eigenvalue weighted by atomic mass is 14.3. The monoisotopic (exact) mass is 449 g/mol. The second-order valence-corrected chi connectivity index (χ2v) is 11.1. The third-order valence-electron chi connectivity index (χ3n) is 7.46. The molecule has 0 aromatic heterocycles. The maximum Gasteiger partial charge on any atom is -0.0144 e. The predicted octanol–water partition coefficient (Wildman–Crippen LogP) is 12.4. The van der Waals surface area contributed by atoms with Crippen molar-refractivity contribution in [3.05, 3.63) is 11.6 Å². The number of unbranched alkanes of at least 4 members (excludes halogenated alkanes) is 16. The first-order valence-corrected chi connectivity index (χ1v) is 15.3. The first-order chi connectivity index (χ1) is 15.6. The maximum absolute atomic E-state index is 2.82. The van der Waals surface area contributed by atoms with Gasteiger partial charge in [0, 0.05) is 0 Å². The van der Waals surface area contributed by atoms with Gasteiger partial charge in [-0.15, -0.1) is 0 Å². The molecule has 0 aromatic rings. The molecule has 0 spiro atoms. The molecule has 0 radical (unpaired) electrons. The summed E-state index contributed by atoms with van der Waals surface area (Å²) in [5.74, 6) is 0. The van der Waals surface area contributed by atoms with E-state index in [0.29, 0.717) is 5.41 Å². The van der Waals surface area contributed by atoms with Crippen LogP contribution in [0.3, 0.4) is 0 Å². The van der Waals surface area contributed by atoms with Crippen LogP contribution < -0.4 is 0 Å². The Hall–Kier alpha value is -0.260. The van der Waals surface area contributed by atoms with E-state index in [1.807, 2.05) is 5.57 Å². The molecule has 1 unspecified atom stereocenters. The SMILES string of the molecule is CCCCCCCCC(=CC(C)(CCCCCC)CCCCCCCC)CCCCCC. The minimum Gasteiger partial charge on any atom is -0.0794 e. The van der Waals surface area contributed by atoms with Crippen molar-refractivity contribution >= 4 is 0 Å². The summed E-state index contributed by atoms with van der Waals surface area (Å²) in [4.78, 5) is 0. The van der Waals surface area contributed by atoms with Crippen LogP contribution in [-0.2, 0) is 0 Å². The standard InChI is InChI=1S/C32H64/c1-6-10-14-18-20-23-27-31(26-22-16-12-8-3)30-32(5,28-24-17-13-9-4)29-25-21-19-15-11-7-2/h30H,6-29H2,1-5H3. The second-order valence-electron chi connectivity index (χ2n) is 11.1. The number of rotatable bonds is 25. The van der Waals surface area contributed by atoms with Crippen LogP contribution in [0.25, 0.3) is 0 Å². The van der Waals surface area contributed by atoms with E-state index >= 15 is 0 Å². The third kappa shape index (κ3) is 20.4. The van der Waals surface area contributed by atoms with Crippen LogP contribution in [0.1, 0.15) is 189 Å². The lowest BCUT2D eigenvalue weighted by molar-refractivity contribution is 0.324. The normalized spacial score (nSPS) is 14.1. The van der Waals surface area contributed by atoms with E-state index in [-0.39, 0.29) is 0 Å². The molecule has 0 saturated heterocycles. The summed E-state index contributed by atoms with van der Waals surface area (Å²) in [7, 11) is 0. The summed E-state index contributed by atoms with van der Waals surface area (Å²) in [6.45, 7) is 11.9. The summed E-state index contributed by atoms with van der Waals surface area (Å²) in [6, 6.07) is 0. The number of hydrogen-bond donors (Lipinski definition) is 0. The Labute approximate surface area is 205 Å². The summed E-state index contributed by atoms with van der Waals surface area (Å²) in [6.07, 6.45) is 36.7. The van der Waals surface area contributed by atoms with Gasteiger partial charge in [0.05, 0.1) is 0 Å². The molecule has 0 bridgehead atoms. The molecule has 0 aromatic carbocycles. The maximum atomic E-state index is 2.82. The third-order valence-corrected chi connectivity index (χ3v) is 7.46. The van der Waals surface area contributed by atoms with Crippen LogP contribution in [0, 0.1) is 5.41 Å². The van der Waals surface area contributed by atoms with Gasteiger partial charge in [0.15, 0.2) is 0 Å². The molecule has 192 valence electrons. The summed E-state index contributed by atoms with van der Waals surface area (Å²) >= 11 is 0. The van der Waals surface area contributed by atoms with Crippen LogP contribution in [0.2, 0.25) is 0 Å². The van der Waals surface area contributed by atoms with Gasteiger partial charge < -0.3 is 0 Å². The topological polar surface area (TPSA) is 0 Å². The van der Waals surface area contributed by atoms with Crippen molar-refractivity contribution in [1.29, 1.82) is 0 Å². The molecule has 0 heterocycles. The average molecular weight is 449 g/mol. The fourth-order valence-corrected chi connectivity index (χ4v) is 5.21. The van der Waals surface area contributed by atoms with E-state index in [0.717, 1.165) is 0 Å². The van der Waals surface area contributed by atoms with Crippen LogP contribution in [0.4, 0.5) is 0 Å². The zero-order valence-corrected chi connectivity index (χ0v) is 23.5. The van der Waals surface area contributed by atoms with Crippen LogP contribution >= 0.6 is 0 Å². The van der Waals surface area contributed by atoms with Gasteiger partial charge in [-0.1, -0.05) is 162 Å². The lowest BCUT2D eigenvalue weighted by Crippen LogP contribution is -2.15. The molecule has 0 saturated carbocycles. The molecule has 1 atom stereocenters. The quantitative estimate of drug-likeness (QED) is 0.0961. The van der Waals surface area contributed by atoms with Gasteiger partial charge in [0.2, 0.25) is 0 Å². The Balaban J connectivity index is 4.91. The van der Waals surface area contributed by atoms with E-state index in [1.54, 1.807) is 0 Å². The fraction of sp³-hybridized carbons (Fsp3) is 0.938. The van der Waals surface area contributed by atoms with Crippen molar-refractivity contribution in [3.8, 4) is 0 Å². The molecule has 0 amide bonds. The van der Waals surface area contributed by atoms with Crippen molar-refractivity contribution in [2.45, 2.75) is 189 Å². The Kier molecular flexibility index (Phi) is 23.7. The van der Waals surface area contributed by atoms with Crippen molar-refractivity contribution in [3.63, 3.8) is 0 Å². The highest BCUT2D eigenvalue weighted by Crippen LogP contribution is 2.36. The minimum atomic E-state index is 0.445. The van der Waals surface area contributed by atoms with Crippen LogP contribution in [0.15, 0.2) is 11.6 Å². The van der Waals surface area contributed by atoms with Gasteiger partial charge in [-0.2, -0.15) is 0 Å². The van der Waals surface area contributed by atoms with Gasteiger partial charge >= 0.3 is 0 Å². The lowest BCUT2D eigenvalue weighted by atomic mass is 9.77. The largest absolute Gasteiger partial charge is 0.0794 e. The van der Waals surface area contributed by atoms with Crippen molar-refractivity contribution in [2.24, 2.45) is 5.41 Å². The molecule has 0 aliphatic carbocycles. The molecule has 0 fully saturated rings. The summed E-state index contributed by atoms with van der Waals surface area (Å²) in [5.41, 5.74) is 2.27. The van der Waals surface area contributed by atoms with Gasteiger partial charge in [-0.05, 0) is 43.9 Å². The van der Waals surface area contributed by atoms with Crippen molar-refractivity contribution < 1.29 is 0 Å². The van der Waals surface area contributed by atoms with E-state index in [9.17, 15) is 0 Å². The second kappa shape index (κ2) is 23.9. The zero-order valence-electron chi connectivity index (χ0n) is 23.5. The van der Waals surface area contributed by atoms with Crippen LogP contribution in [-0.4, -0.2) is 0 Å². The van der Waals surface area contributed by atoms with Crippen molar-refractivity contribution in [2.75, 3.05) is 0 Å². The molecule has 0 N–H and O–H groups in total. The average Bonchev–Trinajstić information content (AvgIpc) is 2.79. The number of allylic oxidation sites excluding steroid dienone is 2. The van der Waals surface area contributed by atoms with Crippen LogP contribution in [0.5, 0.6) is 0 Å². The summed E-state index contributed by atoms with van der Waals surface area (Å²) in [5, 5.41) is 0. The fourth-order valence-electron chi connectivity index (χ4n) is 5.21. The first kappa shape index (κ1) is 31.7. The molecular formula is C32H64. The minimum absolute atomic E-state index is 0.445. The highest BCUT2D eigenvalue weighted by Gasteiger charge is 2.21. The summed E-state index contributed by atoms with van der Waals surface area (Å²) < 4.78 is 0. The molecule has 0 heteroatoms. The lowest BCUT2D eigenvalue weighted by Gasteiger charge is -2.28. The molecule has 0 aliphatic rings. The molecule has 0 nitrogen and oxygen atoms in total. The van der Waals surface area contributed by atoms with E-state index in [1.165, 1.54) is 154 Å². The smallest absolute Gasteiger partial charge is 0.0144 e. The number of hydrogen-bond acceptors (Lipinski definition) is 0. The van der Waals surface area contributed by atoms with Gasteiger partial charge in [0.25, 0.3) is 0 Å². The molecule has 0 aliphatic heterocycles. The Morgan fingerprint density at radius 3 is 1.19 bits per heavy atom.